The molecule has 8 nitrogen and oxygen atoms in total. The number of morpholine rings is 1. The molecule has 2 aliphatic heterocycles. The zero-order valence-corrected chi connectivity index (χ0v) is 22.8. The Labute approximate surface area is 224 Å². The number of hydrogen-bond donors (Lipinski definition) is 0. The zero-order chi connectivity index (χ0) is 25.4. The predicted molar refractivity (Wildman–Crippen MR) is 141 cm³/mol. The maximum absolute atomic E-state index is 13.7. The van der Waals surface area contributed by atoms with Gasteiger partial charge in [-0.2, -0.15) is 0 Å². The second-order valence-electron chi connectivity index (χ2n) is 8.26. The Morgan fingerprint density at radius 1 is 1.31 bits per heavy atom. The Kier molecular flexibility index (Phi) is 7.21. The molecule has 2 aromatic heterocycles. The molecule has 11 heteroatoms. The minimum atomic E-state index is -0.688. The van der Waals surface area contributed by atoms with Gasteiger partial charge < -0.3 is 18.8 Å². The predicted octanol–water partition coefficient (Wildman–Crippen LogP) is 3.64. The van der Waals surface area contributed by atoms with E-state index in [2.05, 4.69) is 25.8 Å². The summed E-state index contributed by atoms with van der Waals surface area (Å²) in [6.45, 7) is 6.43. The number of esters is 1. The van der Waals surface area contributed by atoms with E-state index in [4.69, 9.17) is 25.5 Å². The van der Waals surface area contributed by atoms with Crippen LogP contribution in [-0.2, 0) is 14.3 Å². The van der Waals surface area contributed by atoms with E-state index in [9.17, 15) is 9.59 Å². The van der Waals surface area contributed by atoms with Gasteiger partial charge in [0, 0.05) is 30.3 Å². The van der Waals surface area contributed by atoms with Gasteiger partial charge in [0.2, 0.25) is 5.88 Å². The minimum Gasteiger partial charge on any atom is -0.463 e. The van der Waals surface area contributed by atoms with Crippen molar-refractivity contribution in [1.82, 2.24) is 4.57 Å². The molecule has 3 aromatic rings. The van der Waals surface area contributed by atoms with E-state index < -0.39 is 12.0 Å². The quantitative estimate of drug-likeness (QED) is 0.421. The van der Waals surface area contributed by atoms with Crippen LogP contribution in [0.1, 0.15) is 31.2 Å². The molecular formula is C25H23BrClN3O5S. The number of benzene rings is 1. The molecule has 1 aromatic carbocycles. The van der Waals surface area contributed by atoms with Crippen LogP contribution in [0.4, 0.5) is 5.88 Å². The number of fused-ring (bicyclic) bond motifs is 1. The first-order valence-corrected chi connectivity index (χ1v) is 13.4. The number of allylic oxidation sites excluding steroid dienone is 1. The van der Waals surface area contributed by atoms with Gasteiger partial charge in [-0.05, 0) is 47.5 Å². The summed E-state index contributed by atoms with van der Waals surface area (Å²) in [7, 11) is 0. The number of hydrogen-bond acceptors (Lipinski definition) is 8. The molecule has 1 fully saturated rings. The fraction of sp³-hybridized carbons (Fsp3) is 0.320. The summed E-state index contributed by atoms with van der Waals surface area (Å²) in [4.78, 5) is 33.8. The number of furan rings is 1. The summed E-state index contributed by atoms with van der Waals surface area (Å²) in [5, 5.41) is 0.559. The minimum absolute atomic E-state index is 0.215. The van der Waals surface area contributed by atoms with Gasteiger partial charge in [-0.1, -0.05) is 35.1 Å². The summed E-state index contributed by atoms with van der Waals surface area (Å²) in [5.41, 5.74) is 1.30. The fourth-order valence-corrected chi connectivity index (χ4v) is 6.02. The van der Waals surface area contributed by atoms with Gasteiger partial charge in [0.05, 0.1) is 46.1 Å². The Balaban J connectivity index is 1.62. The van der Waals surface area contributed by atoms with Gasteiger partial charge >= 0.3 is 5.97 Å². The maximum atomic E-state index is 13.7. The van der Waals surface area contributed by atoms with E-state index in [1.165, 1.54) is 11.3 Å². The van der Waals surface area contributed by atoms with Crippen molar-refractivity contribution in [1.29, 1.82) is 0 Å². The molecule has 0 saturated carbocycles. The zero-order valence-electron chi connectivity index (χ0n) is 19.6. The van der Waals surface area contributed by atoms with Crippen LogP contribution in [0.15, 0.2) is 60.3 Å². The number of thiazole rings is 1. The Morgan fingerprint density at radius 3 is 2.72 bits per heavy atom. The second kappa shape index (κ2) is 10.4. The number of nitrogens with zero attached hydrogens (tertiary/aromatic N) is 3. The summed E-state index contributed by atoms with van der Waals surface area (Å²) in [6.07, 6.45) is 1.71. The monoisotopic (exact) mass is 591 g/mol. The summed E-state index contributed by atoms with van der Waals surface area (Å²) in [5.74, 6) is 0.743. The SMILES string of the molecule is CCOC(=O)C1=C(C)N=c2sc(=Cc3cc(Br)c(N4CCOCC4)o3)c(=O)n2C1c1ccc(Cl)cc1. The van der Waals surface area contributed by atoms with Gasteiger partial charge in [0.25, 0.3) is 5.56 Å². The van der Waals surface area contributed by atoms with Crippen molar-refractivity contribution in [2.24, 2.45) is 4.99 Å². The molecule has 1 unspecified atom stereocenters. The number of aromatic nitrogens is 1. The van der Waals surface area contributed by atoms with Gasteiger partial charge in [-0.15, -0.1) is 0 Å². The van der Waals surface area contributed by atoms with Crippen LogP contribution in [0.2, 0.25) is 5.02 Å². The molecular weight excluding hydrogens is 570 g/mol. The van der Waals surface area contributed by atoms with Crippen molar-refractivity contribution in [2.45, 2.75) is 19.9 Å². The molecule has 0 amide bonds. The maximum Gasteiger partial charge on any atom is 0.338 e. The van der Waals surface area contributed by atoms with E-state index in [-0.39, 0.29) is 12.2 Å². The second-order valence-corrected chi connectivity index (χ2v) is 10.6. The van der Waals surface area contributed by atoms with Crippen molar-refractivity contribution in [3.8, 4) is 0 Å². The Bertz CT molecular complexity index is 1520. The molecule has 0 radical (unpaired) electrons. The topological polar surface area (TPSA) is 86.3 Å². The highest BCUT2D eigenvalue weighted by atomic mass is 79.9. The molecule has 5 rings (SSSR count). The van der Waals surface area contributed by atoms with Gasteiger partial charge in [-0.3, -0.25) is 9.36 Å². The lowest BCUT2D eigenvalue weighted by atomic mass is 9.96. The number of carbonyl (C=O) groups excluding carboxylic acids is 1. The third-order valence-electron chi connectivity index (χ3n) is 5.96. The molecule has 1 saturated heterocycles. The molecule has 1 atom stereocenters. The molecule has 0 bridgehead atoms. The largest absolute Gasteiger partial charge is 0.463 e. The van der Waals surface area contributed by atoms with Crippen molar-refractivity contribution < 1.29 is 18.7 Å². The van der Waals surface area contributed by atoms with Crippen molar-refractivity contribution in [3.05, 3.63) is 82.1 Å². The molecule has 0 aliphatic carbocycles. The number of carbonyl (C=O) groups is 1. The lowest BCUT2D eigenvalue weighted by molar-refractivity contribution is -0.139. The van der Waals surface area contributed by atoms with Crippen molar-refractivity contribution in [2.75, 3.05) is 37.8 Å². The number of rotatable bonds is 5. The Morgan fingerprint density at radius 2 is 2.03 bits per heavy atom. The van der Waals surface area contributed by atoms with Crippen LogP contribution in [0.3, 0.4) is 0 Å². The van der Waals surface area contributed by atoms with Crippen LogP contribution in [0.5, 0.6) is 0 Å². The van der Waals surface area contributed by atoms with E-state index in [0.717, 1.165) is 23.1 Å². The Hall–Kier alpha value is -2.66. The highest BCUT2D eigenvalue weighted by molar-refractivity contribution is 9.10. The number of anilines is 1. The molecule has 0 N–H and O–H groups in total. The standard InChI is InChI=1S/C25H23BrClN3O5S/c1-3-34-24(32)20-14(2)28-25-30(21(20)15-4-6-16(27)7-5-15)22(31)19(36-25)13-17-12-18(26)23(35-17)29-8-10-33-11-9-29/h4-7,12-13,21H,3,8-11H2,1-2H3. The van der Waals surface area contributed by atoms with E-state index in [1.807, 2.05) is 6.07 Å². The van der Waals surface area contributed by atoms with E-state index in [0.29, 0.717) is 50.5 Å². The average molecular weight is 593 g/mol. The first-order chi connectivity index (χ1) is 17.4. The molecule has 4 heterocycles. The third kappa shape index (κ3) is 4.70. The fourth-order valence-electron chi connectivity index (χ4n) is 4.31. The van der Waals surface area contributed by atoms with Crippen LogP contribution in [0.25, 0.3) is 6.08 Å². The first-order valence-electron chi connectivity index (χ1n) is 11.4. The smallest absolute Gasteiger partial charge is 0.338 e. The summed E-state index contributed by atoms with van der Waals surface area (Å²) in [6, 6.07) is 8.24. The number of ether oxygens (including phenoxy) is 2. The van der Waals surface area contributed by atoms with Gasteiger partial charge in [0.15, 0.2) is 4.80 Å². The van der Waals surface area contributed by atoms with Crippen LogP contribution >= 0.6 is 38.9 Å². The molecule has 36 heavy (non-hydrogen) atoms. The van der Waals surface area contributed by atoms with Crippen LogP contribution < -0.4 is 19.8 Å². The highest BCUT2D eigenvalue weighted by Gasteiger charge is 2.33. The van der Waals surface area contributed by atoms with E-state index in [1.54, 1.807) is 48.8 Å². The van der Waals surface area contributed by atoms with Gasteiger partial charge in [-0.25, -0.2) is 9.79 Å². The van der Waals surface area contributed by atoms with Crippen LogP contribution in [-0.4, -0.2) is 43.4 Å². The van der Waals surface area contributed by atoms with Crippen LogP contribution in [0, 0.1) is 0 Å². The lowest BCUT2D eigenvalue weighted by Crippen LogP contribution is -2.39. The summed E-state index contributed by atoms with van der Waals surface area (Å²) < 4.78 is 19.6. The lowest BCUT2D eigenvalue weighted by Gasteiger charge is -2.26. The molecule has 0 spiro atoms. The van der Waals surface area contributed by atoms with E-state index >= 15 is 0 Å². The third-order valence-corrected chi connectivity index (χ3v) is 7.77. The number of halogens is 2. The first kappa shape index (κ1) is 25.0. The average Bonchev–Trinajstić information content (AvgIpc) is 3.38. The summed E-state index contributed by atoms with van der Waals surface area (Å²) >= 11 is 10.9. The molecule has 2 aliphatic rings. The molecule has 188 valence electrons. The van der Waals surface area contributed by atoms with Gasteiger partial charge in [0.1, 0.15) is 5.76 Å². The van der Waals surface area contributed by atoms with Crippen molar-refractivity contribution >= 4 is 56.8 Å². The normalized spacial score (nSPS) is 18.3. The highest BCUT2D eigenvalue weighted by Crippen LogP contribution is 2.32. The van der Waals surface area contributed by atoms with Crippen molar-refractivity contribution in [3.63, 3.8) is 0 Å².